The van der Waals surface area contributed by atoms with Crippen LogP contribution in [0.3, 0.4) is 0 Å². The van der Waals surface area contributed by atoms with E-state index in [2.05, 4.69) is 13.0 Å². The number of hydrogen-bond donors (Lipinski definition) is 0. The summed E-state index contributed by atoms with van der Waals surface area (Å²) < 4.78 is 0. The molecule has 0 radical (unpaired) electrons. The third-order valence-electron chi connectivity index (χ3n) is 4.03. The van der Waals surface area contributed by atoms with Crippen LogP contribution in [0.2, 0.25) is 0 Å². The summed E-state index contributed by atoms with van der Waals surface area (Å²) in [7, 11) is 0. The van der Waals surface area contributed by atoms with Gasteiger partial charge in [0.1, 0.15) is 0 Å². The fourth-order valence-corrected chi connectivity index (χ4v) is 2.96. The van der Waals surface area contributed by atoms with Gasteiger partial charge < -0.3 is 0 Å². The Kier molecular flexibility index (Phi) is 3.67. The summed E-state index contributed by atoms with van der Waals surface area (Å²) in [5.74, 6) is 1.94. The number of hydrogen-bond acceptors (Lipinski definition) is 0. The minimum absolute atomic E-state index is 0.944. The minimum atomic E-state index is 0.944. The molecule has 0 bridgehead atoms. The molecule has 0 aromatic rings. The second-order valence-corrected chi connectivity index (χ2v) is 5.41. The molecule has 0 aromatic carbocycles. The van der Waals surface area contributed by atoms with Gasteiger partial charge in [-0.05, 0) is 50.4 Å². The van der Waals surface area contributed by atoms with Crippen molar-refractivity contribution >= 4 is 0 Å². The molecule has 0 amide bonds. The Morgan fingerprint density at radius 1 is 0.929 bits per heavy atom. The first-order chi connectivity index (χ1) is 6.84. The summed E-state index contributed by atoms with van der Waals surface area (Å²) in [6.45, 7) is 2.41. The first kappa shape index (κ1) is 10.3. The van der Waals surface area contributed by atoms with Crippen molar-refractivity contribution in [3.63, 3.8) is 0 Å². The fourth-order valence-electron chi connectivity index (χ4n) is 2.96. The zero-order valence-corrected chi connectivity index (χ0v) is 9.60. The maximum atomic E-state index is 2.64. The van der Waals surface area contributed by atoms with E-state index in [0.717, 1.165) is 11.8 Å². The molecule has 0 atom stereocenters. The van der Waals surface area contributed by atoms with Crippen LogP contribution in [0.4, 0.5) is 0 Å². The molecule has 0 nitrogen and oxygen atoms in total. The van der Waals surface area contributed by atoms with Crippen LogP contribution in [0.15, 0.2) is 11.6 Å². The lowest BCUT2D eigenvalue weighted by molar-refractivity contribution is 0.328. The molecular weight excluding hydrogens is 168 g/mol. The molecule has 0 spiro atoms. The van der Waals surface area contributed by atoms with Crippen molar-refractivity contribution in [1.29, 1.82) is 0 Å². The smallest absolute Gasteiger partial charge is 0.0231 e. The molecule has 80 valence electrons. The second-order valence-electron chi connectivity index (χ2n) is 5.41. The van der Waals surface area contributed by atoms with Crippen LogP contribution in [-0.4, -0.2) is 0 Å². The molecule has 0 aliphatic heterocycles. The molecule has 0 heterocycles. The third kappa shape index (κ3) is 2.87. The van der Waals surface area contributed by atoms with Crippen molar-refractivity contribution < 1.29 is 0 Å². The van der Waals surface area contributed by atoms with Crippen LogP contribution < -0.4 is 0 Å². The average Bonchev–Trinajstić information content (AvgIpc) is 2.23. The van der Waals surface area contributed by atoms with Gasteiger partial charge in [0.15, 0.2) is 0 Å². The van der Waals surface area contributed by atoms with Crippen LogP contribution in [0.25, 0.3) is 0 Å². The lowest BCUT2D eigenvalue weighted by atomic mass is 9.81. The Labute approximate surface area is 88.8 Å². The summed E-state index contributed by atoms with van der Waals surface area (Å²) in [5, 5.41) is 0. The summed E-state index contributed by atoms with van der Waals surface area (Å²) in [6.07, 6.45) is 15.7. The maximum Gasteiger partial charge on any atom is -0.0231 e. The Bertz CT molecular complexity index is 186. The normalized spacial score (nSPS) is 34.2. The van der Waals surface area contributed by atoms with Gasteiger partial charge in [-0.3, -0.25) is 0 Å². The maximum absolute atomic E-state index is 2.64. The molecule has 2 saturated carbocycles. The van der Waals surface area contributed by atoms with Crippen LogP contribution in [0.5, 0.6) is 0 Å². The molecule has 0 saturated heterocycles. The largest absolute Gasteiger partial charge is 0.0822 e. The predicted octanol–water partition coefficient (Wildman–Crippen LogP) is 4.70. The van der Waals surface area contributed by atoms with Gasteiger partial charge in [-0.1, -0.05) is 37.8 Å². The van der Waals surface area contributed by atoms with Crippen LogP contribution in [-0.2, 0) is 0 Å². The van der Waals surface area contributed by atoms with Crippen molar-refractivity contribution in [3.05, 3.63) is 11.6 Å². The Hall–Kier alpha value is -0.260. The van der Waals surface area contributed by atoms with Gasteiger partial charge in [-0.15, -0.1) is 0 Å². The van der Waals surface area contributed by atoms with Gasteiger partial charge >= 0.3 is 0 Å². The zero-order valence-electron chi connectivity index (χ0n) is 9.60. The SMILES string of the molecule is CC1CCC(C=C2CCCCC2)CC1. The van der Waals surface area contributed by atoms with Gasteiger partial charge in [0.25, 0.3) is 0 Å². The molecule has 2 fully saturated rings. The molecule has 0 aromatic heterocycles. The summed E-state index contributed by atoms with van der Waals surface area (Å²) in [6, 6.07) is 0. The zero-order chi connectivity index (χ0) is 9.80. The molecule has 2 aliphatic carbocycles. The van der Waals surface area contributed by atoms with E-state index in [4.69, 9.17) is 0 Å². The van der Waals surface area contributed by atoms with Gasteiger partial charge in [0.2, 0.25) is 0 Å². The lowest BCUT2D eigenvalue weighted by Gasteiger charge is -2.25. The second kappa shape index (κ2) is 5.00. The molecule has 0 unspecified atom stereocenters. The van der Waals surface area contributed by atoms with E-state index >= 15 is 0 Å². The van der Waals surface area contributed by atoms with E-state index in [1.54, 1.807) is 5.57 Å². The monoisotopic (exact) mass is 192 g/mol. The van der Waals surface area contributed by atoms with Crippen LogP contribution in [0, 0.1) is 11.8 Å². The molecule has 14 heavy (non-hydrogen) atoms. The summed E-state index contributed by atoms with van der Waals surface area (Å²) in [5.41, 5.74) is 1.79. The first-order valence-electron chi connectivity index (χ1n) is 6.54. The van der Waals surface area contributed by atoms with Gasteiger partial charge in [-0.25, -0.2) is 0 Å². The number of allylic oxidation sites excluding steroid dienone is 2. The first-order valence-corrected chi connectivity index (χ1v) is 6.54. The topological polar surface area (TPSA) is 0 Å². The standard InChI is InChI=1S/C14H24/c1-12-7-9-14(10-8-12)11-13-5-3-2-4-6-13/h11-12,14H,2-10H2,1H3. The highest BCUT2D eigenvalue weighted by molar-refractivity contribution is 5.07. The van der Waals surface area contributed by atoms with E-state index < -0.39 is 0 Å². The lowest BCUT2D eigenvalue weighted by Crippen LogP contribution is -2.11. The van der Waals surface area contributed by atoms with E-state index in [-0.39, 0.29) is 0 Å². The molecule has 0 N–H and O–H groups in total. The average molecular weight is 192 g/mol. The van der Waals surface area contributed by atoms with Gasteiger partial charge in [0.05, 0.1) is 0 Å². The quantitative estimate of drug-likeness (QED) is 0.528. The Morgan fingerprint density at radius 2 is 1.57 bits per heavy atom. The van der Waals surface area contributed by atoms with Gasteiger partial charge in [0, 0.05) is 0 Å². The van der Waals surface area contributed by atoms with Crippen molar-refractivity contribution in [2.24, 2.45) is 11.8 Å². The van der Waals surface area contributed by atoms with E-state index in [0.29, 0.717) is 0 Å². The highest BCUT2D eigenvalue weighted by atomic mass is 14.2. The fraction of sp³-hybridized carbons (Fsp3) is 0.857. The predicted molar refractivity (Wildman–Crippen MR) is 62.3 cm³/mol. The Morgan fingerprint density at radius 3 is 2.21 bits per heavy atom. The van der Waals surface area contributed by atoms with Gasteiger partial charge in [-0.2, -0.15) is 0 Å². The highest BCUT2D eigenvalue weighted by Crippen LogP contribution is 2.32. The molecule has 2 aliphatic rings. The van der Waals surface area contributed by atoms with Crippen molar-refractivity contribution in [2.75, 3.05) is 0 Å². The van der Waals surface area contributed by atoms with E-state index in [1.807, 2.05) is 0 Å². The van der Waals surface area contributed by atoms with Crippen LogP contribution >= 0.6 is 0 Å². The minimum Gasteiger partial charge on any atom is -0.0822 e. The van der Waals surface area contributed by atoms with Crippen molar-refractivity contribution in [3.8, 4) is 0 Å². The highest BCUT2D eigenvalue weighted by Gasteiger charge is 2.17. The van der Waals surface area contributed by atoms with Crippen molar-refractivity contribution in [2.45, 2.75) is 64.7 Å². The number of rotatable bonds is 1. The summed E-state index contributed by atoms with van der Waals surface area (Å²) >= 11 is 0. The molecular formula is C14H24. The molecule has 2 rings (SSSR count). The van der Waals surface area contributed by atoms with E-state index in [1.165, 1.54) is 57.8 Å². The summed E-state index contributed by atoms with van der Waals surface area (Å²) in [4.78, 5) is 0. The molecule has 0 heteroatoms. The third-order valence-corrected chi connectivity index (χ3v) is 4.03. The van der Waals surface area contributed by atoms with Crippen LogP contribution in [0.1, 0.15) is 64.7 Å². The van der Waals surface area contributed by atoms with Crippen molar-refractivity contribution in [1.82, 2.24) is 0 Å². The Balaban J connectivity index is 1.83. The van der Waals surface area contributed by atoms with E-state index in [9.17, 15) is 0 Å².